The van der Waals surface area contributed by atoms with Crippen molar-refractivity contribution in [3.63, 3.8) is 0 Å². The fourth-order valence-electron chi connectivity index (χ4n) is 4.21. The number of H-pyrrole nitrogens is 1. The largest absolute Gasteiger partial charge is 0.366 e. The first-order chi connectivity index (χ1) is 17.8. The van der Waals surface area contributed by atoms with E-state index >= 15 is 0 Å². The van der Waals surface area contributed by atoms with Crippen molar-refractivity contribution in [3.8, 4) is 11.1 Å². The molecule has 0 aliphatic rings. The average Bonchev–Trinajstić information content (AvgIpc) is 3.51. The summed E-state index contributed by atoms with van der Waals surface area (Å²) in [5.41, 5.74) is 8.16. The minimum Gasteiger partial charge on any atom is -0.366 e. The molecule has 0 aliphatic carbocycles. The second-order valence-corrected chi connectivity index (χ2v) is 9.91. The van der Waals surface area contributed by atoms with E-state index in [9.17, 15) is 18.0 Å². The first-order valence-electron chi connectivity index (χ1n) is 11.6. The lowest BCUT2D eigenvalue weighted by atomic mass is 9.97. The average molecular weight is 518 g/mol. The number of benzene rings is 1. The molecule has 4 heterocycles. The van der Waals surface area contributed by atoms with Gasteiger partial charge < -0.3 is 10.7 Å². The van der Waals surface area contributed by atoms with Gasteiger partial charge in [0, 0.05) is 64.0 Å². The number of hydrogen-bond donors (Lipinski definition) is 2. The van der Waals surface area contributed by atoms with E-state index in [-0.39, 0.29) is 28.6 Å². The first kappa shape index (κ1) is 24.3. The maximum atomic E-state index is 13.8. The monoisotopic (exact) mass is 517 g/mol. The van der Waals surface area contributed by atoms with Crippen molar-refractivity contribution in [2.24, 2.45) is 5.73 Å². The number of aromatic amines is 1. The third kappa shape index (κ3) is 4.39. The molecule has 37 heavy (non-hydrogen) atoms. The molecule has 1 amide bonds. The van der Waals surface area contributed by atoms with Crippen LogP contribution in [0.4, 0.5) is 0 Å². The number of amides is 1. The maximum absolute atomic E-state index is 13.8. The second kappa shape index (κ2) is 9.60. The van der Waals surface area contributed by atoms with Gasteiger partial charge in [0.15, 0.2) is 5.78 Å². The van der Waals surface area contributed by atoms with Crippen molar-refractivity contribution < 1.29 is 22.2 Å². The molecule has 10 nitrogen and oxygen atoms in total. The quantitative estimate of drug-likeness (QED) is 0.223. The third-order valence-corrected chi connectivity index (χ3v) is 7.30. The molecular weight excluding hydrogens is 494 g/mol. The molecule has 11 heteroatoms. The highest BCUT2D eigenvalue weighted by Gasteiger charge is 2.26. The number of pyridine rings is 2. The molecule has 0 aliphatic heterocycles. The Labute approximate surface area is 212 Å². The van der Waals surface area contributed by atoms with Crippen molar-refractivity contribution >= 4 is 43.9 Å². The van der Waals surface area contributed by atoms with Gasteiger partial charge in [-0.05, 0) is 24.6 Å². The smallest absolute Gasteiger partial charge is 0.366 e. The minimum atomic E-state index is -4.26. The second-order valence-electron chi connectivity index (χ2n) is 8.43. The van der Waals surface area contributed by atoms with Crippen molar-refractivity contribution in [1.82, 2.24) is 18.9 Å². The van der Waals surface area contributed by atoms with E-state index in [1.54, 1.807) is 30.7 Å². The van der Waals surface area contributed by atoms with Crippen molar-refractivity contribution in [2.45, 2.75) is 19.8 Å². The number of rotatable bonds is 9. The molecular formula is C26H23N5O5S. The van der Waals surface area contributed by atoms with E-state index in [0.29, 0.717) is 23.0 Å². The number of nitrogens with one attached hydrogen (secondary N) is 1. The van der Waals surface area contributed by atoms with Crippen LogP contribution in [0.5, 0.6) is 0 Å². The Balaban J connectivity index is 1.65. The Morgan fingerprint density at radius 3 is 2.65 bits per heavy atom. The van der Waals surface area contributed by atoms with Crippen LogP contribution in [0.25, 0.3) is 33.1 Å². The zero-order valence-electron chi connectivity index (χ0n) is 19.8. The Morgan fingerprint density at radius 1 is 1.08 bits per heavy atom. The number of unbranched alkanes of at least 4 members (excludes halogenated alkanes) is 1. The van der Waals surface area contributed by atoms with Gasteiger partial charge >= 0.3 is 10.3 Å². The number of hydrogen-bond acceptors (Lipinski definition) is 7. The SMILES string of the molecule is CCCCOS(=O)(=O)n1cc(C(N)=O)c2c(C(=O)c3c[nH]c4ncc(-c5cccnc5)cc34)cccc21. The van der Waals surface area contributed by atoms with Crippen LogP contribution in [-0.4, -0.2) is 45.6 Å². The van der Waals surface area contributed by atoms with Crippen molar-refractivity contribution in [2.75, 3.05) is 6.61 Å². The van der Waals surface area contributed by atoms with Crippen LogP contribution in [0.15, 0.2) is 67.4 Å². The van der Waals surface area contributed by atoms with E-state index in [0.717, 1.165) is 27.7 Å². The number of carbonyl (C=O) groups excluding carboxylic acids is 2. The van der Waals surface area contributed by atoms with E-state index in [4.69, 9.17) is 9.92 Å². The number of ketones is 1. The number of aromatic nitrogens is 4. The van der Waals surface area contributed by atoms with Gasteiger partial charge in [-0.2, -0.15) is 8.42 Å². The van der Waals surface area contributed by atoms with Crippen LogP contribution in [0.3, 0.4) is 0 Å². The zero-order chi connectivity index (χ0) is 26.2. The van der Waals surface area contributed by atoms with E-state index in [1.165, 1.54) is 18.3 Å². The molecule has 0 unspecified atom stereocenters. The number of primary amides is 1. The van der Waals surface area contributed by atoms with Gasteiger partial charge in [-0.3, -0.25) is 18.8 Å². The molecule has 0 spiro atoms. The topological polar surface area (TPSA) is 150 Å². The molecule has 0 radical (unpaired) electrons. The summed E-state index contributed by atoms with van der Waals surface area (Å²) in [5.74, 6) is -1.29. The molecule has 4 aromatic heterocycles. The van der Waals surface area contributed by atoms with Gasteiger partial charge in [0.1, 0.15) is 5.65 Å². The van der Waals surface area contributed by atoms with Crippen molar-refractivity contribution in [1.29, 1.82) is 0 Å². The van der Waals surface area contributed by atoms with Crippen LogP contribution in [0.1, 0.15) is 46.0 Å². The lowest BCUT2D eigenvalue weighted by Crippen LogP contribution is -2.16. The highest BCUT2D eigenvalue weighted by molar-refractivity contribution is 7.85. The standard InChI is InChI=1S/C26H23N5O5S/c1-2-3-10-36-37(34,35)31-15-21(25(27)33)23-18(7-4-8-22(23)31)24(32)20-14-30-26-19(20)11-17(13-29-26)16-6-5-9-28-12-16/h4-9,11-15H,2-3,10H2,1H3,(H2,27,33)(H,29,30). The number of carbonyl (C=O) groups is 2. The Kier molecular flexibility index (Phi) is 6.32. The number of nitrogens with zero attached hydrogens (tertiary/aromatic N) is 3. The highest BCUT2D eigenvalue weighted by atomic mass is 32.2. The lowest BCUT2D eigenvalue weighted by molar-refractivity contribution is 0.100. The molecule has 0 saturated heterocycles. The summed E-state index contributed by atoms with van der Waals surface area (Å²) in [6.45, 7) is 1.90. The van der Waals surface area contributed by atoms with E-state index in [1.807, 2.05) is 19.1 Å². The molecule has 5 rings (SSSR count). The lowest BCUT2D eigenvalue weighted by Gasteiger charge is -2.08. The summed E-state index contributed by atoms with van der Waals surface area (Å²) in [5, 5.41) is 0.701. The molecule has 0 saturated carbocycles. The third-order valence-electron chi connectivity index (χ3n) is 6.05. The van der Waals surface area contributed by atoms with Crippen LogP contribution in [-0.2, 0) is 14.5 Å². The minimum absolute atomic E-state index is 0.00929. The Bertz CT molecular complexity index is 1760. The fraction of sp³-hybridized carbons (Fsp3) is 0.154. The number of nitrogens with two attached hydrogens (primary N) is 1. The molecule has 0 atom stereocenters. The molecule has 188 valence electrons. The van der Waals surface area contributed by atoms with Crippen LogP contribution >= 0.6 is 0 Å². The van der Waals surface area contributed by atoms with Crippen molar-refractivity contribution in [3.05, 3.63) is 84.1 Å². The normalized spacial score (nSPS) is 11.8. The van der Waals surface area contributed by atoms with Crippen LogP contribution in [0.2, 0.25) is 0 Å². The van der Waals surface area contributed by atoms with E-state index < -0.39 is 22.0 Å². The van der Waals surface area contributed by atoms with Gasteiger partial charge in [-0.25, -0.2) is 8.96 Å². The highest BCUT2D eigenvalue weighted by Crippen LogP contribution is 2.31. The van der Waals surface area contributed by atoms with Crippen LogP contribution in [0, 0.1) is 0 Å². The summed E-state index contributed by atoms with van der Waals surface area (Å²) in [6, 6.07) is 10.1. The van der Waals surface area contributed by atoms with Crippen LogP contribution < -0.4 is 5.73 Å². The summed E-state index contributed by atoms with van der Waals surface area (Å²) in [7, 11) is -4.26. The maximum Gasteiger partial charge on any atom is 0.366 e. The summed E-state index contributed by atoms with van der Waals surface area (Å²) in [6.07, 6.45) is 8.97. The van der Waals surface area contributed by atoms with Gasteiger partial charge in [0.25, 0.3) is 5.91 Å². The Hall–Kier alpha value is -4.35. The van der Waals surface area contributed by atoms with Gasteiger partial charge in [0.05, 0.1) is 17.7 Å². The molecule has 3 N–H and O–H groups in total. The molecule has 1 aromatic carbocycles. The summed E-state index contributed by atoms with van der Waals surface area (Å²) in [4.78, 5) is 37.7. The molecule has 0 bridgehead atoms. The molecule has 0 fully saturated rings. The zero-order valence-corrected chi connectivity index (χ0v) is 20.7. The number of fused-ring (bicyclic) bond motifs is 2. The summed E-state index contributed by atoms with van der Waals surface area (Å²) >= 11 is 0. The predicted octanol–water partition coefficient (Wildman–Crippen LogP) is 3.82. The molecule has 5 aromatic rings. The van der Waals surface area contributed by atoms with Gasteiger partial charge in [-0.1, -0.05) is 31.5 Å². The summed E-state index contributed by atoms with van der Waals surface area (Å²) < 4.78 is 31.8. The fourth-order valence-corrected chi connectivity index (χ4v) is 5.28. The first-order valence-corrected chi connectivity index (χ1v) is 12.9. The van der Waals surface area contributed by atoms with E-state index in [2.05, 4.69) is 15.0 Å². The van der Waals surface area contributed by atoms with Gasteiger partial charge in [-0.15, -0.1) is 0 Å². The van der Waals surface area contributed by atoms with Gasteiger partial charge in [0.2, 0.25) is 0 Å². The Morgan fingerprint density at radius 2 is 1.92 bits per heavy atom. The predicted molar refractivity (Wildman–Crippen MR) is 138 cm³/mol.